The Morgan fingerprint density at radius 1 is 1.06 bits per heavy atom. The van der Waals surface area contributed by atoms with E-state index in [2.05, 4.69) is 0 Å². The molecular formula is C11H20N2O5. The maximum absolute atomic E-state index is 12.1. The van der Waals surface area contributed by atoms with Gasteiger partial charge in [0.2, 0.25) is 6.41 Å². The molecular weight excluding hydrogens is 240 g/mol. The van der Waals surface area contributed by atoms with Gasteiger partial charge in [-0.3, -0.25) is 9.69 Å². The molecule has 0 bridgehead atoms. The number of carbonyl (C=O) groups is 3. The lowest BCUT2D eigenvalue weighted by molar-refractivity contribution is -0.188. The minimum Gasteiger partial charge on any atom is -0.463 e. The Hall–Kier alpha value is -1.63. The van der Waals surface area contributed by atoms with Crippen LogP contribution in [0.25, 0.3) is 0 Å². The van der Waals surface area contributed by atoms with E-state index in [4.69, 9.17) is 9.47 Å². The van der Waals surface area contributed by atoms with E-state index >= 15 is 0 Å². The summed E-state index contributed by atoms with van der Waals surface area (Å²) in [5.41, 5.74) is -1.90. The molecule has 0 heterocycles. The van der Waals surface area contributed by atoms with Crippen LogP contribution in [0.15, 0.2) is 0 Å². The van der Waals surface area contributed by atoms with E-state index in [0.717, 1.165) is 4.90 Å². The van der Waals surface area contributed by atoms with Crippen molar-refractivity contribution >= 4 is 18.3 Å². The molecule has 0 saturated heterocycles. The second-order valence-corrected chi connectivity index (χ2v) is 3.72. The molecule has 1 amide bonds. The van der Waals surface area contributed by atoms with Gasteiger partial charge in [0.25, 0.3) is 5.66 Å². The lowest BCUT2D eigenvalue weighted by Gasteiger charge is -2.39. The molecule has 0 rings (SSSR count). The van der Waals surface area contributed by atoms with Crippen LogP contribution in [0.5, 0.6) is 0 Å². The number of hydrogen-bond donors (Lipinski definition) is 0. The third kappa shape index (κ3) is 2.79. The largest absolute Gasteiger partial charge is 0.463 e. The van der Waals surface area contributed by atoms with Crippen molar-refractivity contribution in [2.75, 3.05) is 34.4 Å². The molecule has 0 N–H and O–H groups in total. The van der Waals surface area contributed by atoms with Crippen molar-refractivity contribution in [1.29, 1.82) is 0 Å². The van der Waals surface area contributed by atoms with Gasteiger partial charge < -0.3 is 14.4 Å². The number of carbonyl (C=O) groups excluding carboxylic acids is 3. The fraction of sp³-hybridized carbons (Fsp3) is 0.727. The lowest BCUT2D eigenvalue weighted by atomic mass is 10.1. The number of esters is 2. The summed E-state index contributed by atoms with van der Waals surface area (Å²) in [7, 11) is 4.31. The first-order chi connectivity index (χ1) is 8.39. The fourth-order valence-electron chi connectivity index (χ4n) is 1.59. The van der Waals surface area contributed by atoms with E-state index in [1.807, 2.05) is 0 Å². The van der Waals surface area contributed by atoms with Crippen LogP contribution in [0.4, 0.5) is 0 Å². The highest BCUT2D eigenvalue weighted by molar-refractivity contribution is 6.05. The summed E-state index contributed by atoms with van der Waals surface area (Å²) in [6.07, 6.45) is 0.383. The number of amides is 1. The first-order valence-corrected chi connectivity index (χ1v) is 5.59. The van der Waals surface area contributed by atoms with Gasteiger partial charge >= 0.3 is 11.9 Å². The highest BCUT2D eigenvalue weighted by Crippen LogP contribution is 2.20. The molecule has 0 radical (unpaired) electrons. The van der Waals surface area contributed by atoms with Gasteiger partial charge in [0.05, 0.1) is 13.2 Å². The SMILES string of the molecule is CCOC(=O)C(C(=O)OCC)(N(C)C)N(C)C=O. The summed E-state index contributed by atoms with van der Waals surface area (Å²) in [5, 5.41) is 0. The first-order valence-electron chi connectivity index (χ1n) is 5.59. The van der Waals surface area contributed by atoms with E-state index in [-0.39, 0.29) is 13.2 Å². The normalized spacial score (nSPS) is 11.0. The predicted octanol–water partition coefficient (Wildman–Crippen LogP) is -0.541. The molecule has 7 heteroatoms. The van der Waals surface area contributed by atoms with Gasteiger partial charge in [-0.25, -0.2) is 9.59 Å². The van der Waals surface area contributed by atoms with Crippen LogP contribution in [-0.2, 0) is 23.9 Å². The molecule has 0 fully saturated rings. The molecule has 0 aromatic carbocycles. The number of likely N-dealkylation sites (N-methyl/N-ethyl adjacent to an activating group) is 2. The van der Waals surface area contributed by atoms with Crippen molar-refractivity contribution < 1.29 is 23.9 Å². The fourth-order valence-corrected chi connectivity index (χ4v) is 1.59. The number of ether oxygens (including phenoxy) is 2. The minimum absolute atomic E-state index is 0.0977. The van der Waals surface area contributed by atoms with Gasteiger partial charge in [-0.2, -0.15) is 0 Å². The molecule has 18 heavy (non-hydrogen) atoms. The summed E-state index contributed by atoms with van der Waals surface area (Å²) >= 11 is 0. The Morgan fingerprint density at radius 3 is 1.67 bits per heavy atom. The summed E-state index contributed by atoms with van der Waals surface area (Å²) in [6.45, 7) is 3.43. The Bertz CT molecular complexity index is 299. The topological polar surface area (TPSA) is 76.2 Å². The second kappa shape index (κ2) is 6.95. The predicted molar refractivity (Wildman–Crippen MR) is 63.5 cm³/mol. The van der Waals surface area contributed by atoms with Crippen LogP contribution in [0.1, 0.15) is 13.8 Å². The van der Waals surface area contributed by atoms with E-state index in [1.165, 1.54) is 26.0 Å². The van der Waals surface area contributed by atoms with Crippen molar-refractivity contribution in [1.82, 2.24) is 9.80 Å². The van der Waals surface area contributed by atoms with Crippen molar-refractivity contribution in [3.63, 3.8) is 0 Å². The zero-order valence-electron chi connectivity index (χ0n) is 11.4. The molecule has 0 unspecified atom stereocenters. The van der Waals surface area contributed by atoms with Crippen LogP contribution >= 0.6 is 0 Å². The third-order valence-corrected chi connectivity index (χ3v) is 2.44. The molecule has 0 aromatic rings. The zero-order valence-corrected chi connectivity index (χ0v) is 11.4. The summed E-state index contributed by atoms with van der Waals surface area (Å²) < 4.78 is 9.75. The lowest BCUT2D eigenvalue weighted by Crippen LogP contribution is -2.67. The Balaban J connectivity index is 5.64. The van der Waals surface area contributed by atoms with Crippen LogP contribution in [-0.4, -0.2) is 68.2 Å². The number of nitrogens with zero attached hydrogens (tertiary/aromatic N) is 2. The summed E-state index contributed by atoms with van der Waals surface area (Å²) in [5.74, 6) is -1.69. The van der Waals surface area contributed by atoms with E-state index in [1.54, 1.807) is 13.8 Å². The van der Waals surface area contributed by atoms with Gasteiger partial charge in [0.15, 0.2) is 0 Å². The van der Waals surface area contributed by atoms with Gasteiger partial charge in [-0.15, -0.1) is 0 Å². The Kier molecular flexibility index (Phi) is 6.32. The van der Waals surface area contributed by atoms with Gasteiger partial charge in [0.1, 0.15) is 0 Å². The van der Waals surface area contributed by atoms with Crippen LogP contribution in [0.3, 0.4) is 0 Å². The third-order valence-electron chi connectivity index (χ3n) is 2.44. The average Bonchev–Trinajstić information content (AvgIpc) is 2.29. The van der Waals surface area contributed by atoms with Gasteiger partial charge in [0, 0.05) is 7.05 Å². The Morgan fingerprint density at radius 2 is 1.44 bits per heavy atom. The first kappa shape index (κ1) is 16.4. The molecule has 0 spiro atoms. The van der Waals surface area contributed by atoms with Crippen molar-refractivity contribution in [3.8, 4) is 0 Å². The zero-order chi connectivity index (χ0) is 14.3. The van der Waals surface area contributed by atoms with E-state index in [9.17, 15) is 14.4 Å². The quantitative estimate of drug-likeness (QED) is 0.265. The highest BCUT2D eigenvalue weighted by Gasteiger charge is 2.55. The molecule has 0 aromatic heterocycles. The molecule has 0 aliphatic heterocycles. The average molecular weight is 260 g/mol. The standard InChI is InChI=1S/C11H20N2O5/c1-6-17-9(15)11(12(3)4,13(5)8-14)10(16)18-7-2/h8H,6-7H2,1-5H3. The molecule has 7 nitrogen and oxygen atoms in total. The molecule has 104 valence electrons. The van der Waals surface area contributed by atoms with Gasteiger partial charge in [-0.1, -0.05) is 0 Å². The molecule has 0 atom stereocenters. The van der Waals surface area contributed by atoms with Crippen LogP contribution < -0.4 is 0 Å². The minimum atomic E-state index is -1.90. The maximum atomic E-state index is 12.1. The van der Waals surface area contributed by atoms with Gasteiger partial charge in [-0.05, 0) is 27.9 Å². The monoisotopic (exact) mass is 260 g/mol. The van der Waals surface area contributed by atoms with Crippen LogP contribution in [0, 0.1) is 0 Å². The van der Waals surface area contributed by atoms with E-state index < -0.39 is 17.6 Å². The second-order valence-electron chi connectivity index (χ2n) is 3.72. The number of rotatable bonds is 7. The van der Waals surface area contributed by atoms with Crippen molar-refractivity contribution in [2.24, 2.45) is 0 Å². The van der Waals surface area contributed by atoms with Crippen molar-refractivity contribution in [3.05, 3.63) is 0 Å². The maximum Gasteiger partial charge on any atom is 0.359 e. The highest BCUT2D eigenvalue weighted by atomic mass is 16.6. The Labute approximate surface area is 107 Å². The van der Waals surface area contributed by atoms with Crippen molar-refractivity contribution in [2.45, 2.75) is 19.5 Å². The van der Waals surface area contributed by atoms with E-state index in [0.29, 0.717) is 6.41 Å². The molecule has 0 aliphatic rings. The van der Waals surface area contributed by atoms with Crippen LogP contribution in [0.2, 0.25) is 0 Å². The molecule has 0 aliphatic carbocycles. The molecule has 0 saturated carbocycles. The number of hydrogen-bond acceptors (Lipinski definition) is 6. The summed E-state index contributed by atoms with van der Waals surface area (Å²) in [6, 6.07) is 0. The smallest absolute Gasteiger partial charge is 0.359 e. The summed E-state index contributed by atoms with van der Waals surface area (Å²) in [4.78, 5) is 37.3.